The summed E-state index contributed by atoms with van der Waals surface area (Å²) in [4.78, 5) is 38.9. The summed E-state index contributed by atoms with van der Waals surface area (Å²) >= 11 is 0. The number of carbonyl (C=O) groups is 2. The van der Waals surface area contributed by atoms with Crippen molar-refractivity contribution in [1.82, 2.24) is 24.4 Å². The van der Waals surface area contributed by atoms with Gasteiger partial charge in [-0.15, -0.1) is 5.10 Å². The van der Waals surface area contributed by atoms with Crippen molar-refractivity contribution in [3.8, 4) is 0 Å². The Balaban J connectivity index is 1.52. The Morgan fingerprint density at radius 1 is 1.30 bits per heavy atom. The highest BCUT2D eigenvalue weighted by molar-refractivity contribution is 5.90. The summed E-state index contributed by atoms with van der Waals surface area (Å²) in [6.45, 7) is 7.10. The molecule has 146 valence electrons. The molecule has 3 rings (SSSR count). The fourth-order valence-electron chi connectivity index (χ4n) is 3.39. The third-order valence-corrected chi connectivity index (χ3v) is 4.79. The molecule has 8 heteroatoms. The molecule has 0 spiro atoms. The van der Waals surface area contributed by atoms with E-state index in [1.165, 1.54) is 9.08 Å². The monoisotopic (exact) mass is 373 g/mol. The molecule has 1 fully saturated rings. The minimum absolute atomic E-state index is 0.0106. The van der Waals surface area contributed by atoms with Crippen LogP contribution in [0, 0.1) is 5.41 Å². The number of hydrogen-bond acceptors (Lipinski definition) is 4. The molecule has 0 aliphatic carbocycles. The van der Waals surface area contributed by atoms with E-state index in [0.717, 1.165) is 6.42 Å². The van der Waals surface area contributed by atoms with Gasteiger partial charge in [0.2, 0.25) is 11.8 Å². The molecule has 0 aromatic carbocycles. The van der Waals surface area contributed by atoms with E-state index >= 15 is 0 Å². The van der Waals surface area contributed by atoms with Crippen LogP contribution in [-0.2, 0) is 16.1 Å². The van der Waals surface area contributed by atoms with Crippen LogP contribution >= 0.6 is 0 Å². The molecule has 1 aliphatic rings. The zero-order valence-corrected chi connectivity index (χ0v) is 16.1. The van der Waals surface area contributed by atoms with E-state index in [9.17, 15) is 14.4 Å². The maximum atomic E-state index is 12.5. The summed E-state index contributed by atoms with van der Waals surface area (Å²) in [5.41, 5.74) is -0.0730. The first-order valence-electron chi connectivity index (χ1n) is 9.42. The summed E-state index contributed by atoms with van der Waals surface area (Å²) in [5, 5.41) is 7.17. The third-order valence-electron chi connectivity index (χ3n) is 4.79. The van der Waals surface area contributed by atoms with Crippen molar-refractivity contribution in [3.63, 3.8) is 0 Å². The average molecular weight is 373 g/mol. The predicted molar refractivity (Wildman–Crippen MR) is 101 cm³/mol. The summed E-state index contributed by atoms with van der Waals surface area (Å²) < 4.78 is 2.90. The maximum absolute atomic E-state index is 12.5. The summed E-state index contributed by atoms with van der Waals surface area (Å²) in [6.07, 6.45) is 3.81. The van der Waals surface area contributed by atoms with E-state index < -0.39 is 11.5 Å². The predicted octanol–water partition coefficient (Wildman–Crippen LogP) is 1.04. The van der Waals surface area contributed by atoms with E-state index in [0.29, 0.717) is 38.1 Å². The quantitative estimate of drug-likeness (QED) is 0.793. The minimum Gasteiger partial charge on any atom is -0.354 e. The smallest absolute Gasteiger partial charge is 0.350 e. The number of rotatable bonds is 5. The molecule has 1 atom stereocenters. The molecule has 2 aromatic heterocycles. The highest BCUT2D eigenvalue weighted by Crippen LogP contribution is 2.25. The van der Waals surface area contributed by atoms with Crippen molar-refractivity contribution in [2.24, 2.45) is 5.41 Å². The molecule has 1 N–H and O–H groups in total. The van der Waals surface area contributed by atoms with Gasteiger partial charge in [-0.05, 0) is 31.4 Å². The van der Waals surface area contributed by atoms with Gasteiger partial charge >= 0.3 is 5.69 Å². The van der Waals surface area contributed by atoms with Crippen molar-refractivity contribution >= 4 is 17.5 Å². The number of aromatic nitrogens is 3. The van der Waals surface area contributed by atoms with Gasteiger partial charge in [-0.2, -0.15) is 0 Å². The Bertz CT molecular complexity index is 893. The molecule has 1 unspecified atom stereocenters. The average Bonchev–Trinajstić information content (AvgIpc) is 3.23. The Morgan fingerprint density at radius 3 is 2.78 bits per heavy atom. The number of carbonyl (C=O) groups excluding carboxylic acids is 2. The fraction of sp³-hybridized carbons (Fsp3) is 0.579. The molecule has 1 aliphatic heterocycles. The number of fused-ring (bicyclic) bond motifs is 1. The van der Waals surface area contributed by atoms with E-state index in [1.54, 1.807) is 23.2 Å². The van der Waals surface area contributed by atoms with Gasteiger partial charge in [0.05, 0.1) is 0 Å². The van der Waals surface area contributed by atoms with Crippen LogP contribution in [0.4, 0.5) is 0 Å². The van der Waals surface area contributed by atoms with Gasteiger partial charge < -0.3 is 10.2 Å². The van der Waals surface area contributed by atoms with E-state index in [2.05, 4.69) is 10.4 Å². The van der Waals surface area contributed by atoms with Gasteiger partial charge in [-0.3, -0.25) is 14.0 Å². The number of nitrogens with one attached hydrogen (secondary N) is 1. The van der Waals surface area contributed by atoms with Crippen molar-refractivity contribution in [1.29, 1.82) is 0 Å². The Morgan fingerprint density at radius 2 is 2.07 bits per heavy atom. The number of hydrogen-bond donors (Lipinski definition) is 1. The lowest BCUT2D eigenvalue weighted by atomic mass is 9.94. The number of aryl methyl sites for hydroxylation is 1. The molecular formula is C19H27N5O3. The van der Waals surface area contributed by atoms with Crippen LogP contribution in [0.5, 0.6) is 0 Å². The van der Waals surface area contributed by atoms with E-state index in [4.69, 9.17) is 0 Å². The van der Waals surface area contributed by atoms with Gasteiger partial charge in [0.1, 0.15) is 6.04 Å². The van der Waals surface area contributed by atoms with Gasteiger partial charge in [-0.1, -0.05) is 26.8 Å². The second-order valence-electron chi connectivity index (χ2n) is 7.99. The van der Waals surface area contributed by atoms with Gasteiger partial charge in [0, 0.05) is 31.2 Å². The highest BCUT2D eigenvalue weighted by Gasteiger charge is 2.38. The topological polar surface area (TPSA) is 88.7 Å². The first-order chi connectivity index (χ1) is 12.8. The molecule has 2 amide bonds. The SMILES string of the molecule is CC(C)(C)C(=O)N1CCCC1C(=O)NCCCn1nc2ccccn2c1=O. The van der Waals surface area contributed by atoms with Crippen LogP contribution in [0.25, 0.3) is 5.65 Å². The minimum atomic E-state index is -0.493. The van der Waals surface area contributed by atoms with Crippen molar-refractivity contribution in [2.75, 3.05) is 13.1 Å². The molecule has 1 saturated heterocycles. The van der Waals surface area contributed by atoms with Crippen LogP contribution in [0.2, 0.25) is 0 Å². The number of nitrogens with zero attached hydrogens (tertiary/aromatic N) is 4. The van der Waals surface area contributed by atoms with Gasteiger partial charge in [-0.25, -0.2) is 9.48 Å². The van der Waals surface area contributed by atoms with Crippen LogP contribution in [0.15, 0.2) is 29.2 Å². The van der Waals surface area contributed by atoms with Crippen LogP contribution in [-0.4, -0.2) is 50.0 Å². The number of pyridine rings is 1. The van der Waals surface area contributed by atoms with Gasteiger partial charge in [0.25, 0.3) is 0 Å². The normalized spacial score (nSPS) is 17.4. The number of amides is 2. The largest absolute Gasteiger partial charge is 0.354 e. The molecule has 0 saturated carbocycles. The Kier molecular flexibility index (Phi) is 5.34. The molecule has 0 radical (unpaired) electrons. The molecular weight excluding hydrogens is 346 g/mol. The zero-order valence-electron chi connectivity index (χ0n) is 16.1. The van der Waals surface area contributed by atoms with Crippen molar-refractivity contribution in [2.45, 2.75) is 52.6 Å². The lowest BCUT2D eigenvalue weighted by Gasteiger charge is -2.30. The van der Waals surface area contributed by atoms with E-state index in [-0.39, 0.29) is 17.5 Å². The van der Waals surface area contributed by atoms with Crippen LogP contribution in [0.1, 0.15) is 40.0 Å². The summed E-state index contributed by atoms with van der Waals surface area (Å²) in [7, 11) is 0. The summed E-state index contributed by atoms with van der Waals surface area (Å²) in [6, 6.07) is 5.00. The third kappa shape index (κ3) is 4.04. The fourth-order valence-corrected chi connectivity index (χ4v) is 3.39. The lowest BCUT2D eigenvalue weighted by molar-refractivity contribution is -0.144. The number of likely N-dealkylation sites (tertiary alicyclic amines) is 1. The van der Waals surface area contributed by atoms with Gasteiger partial charge in [0.15, 0.2) is 5.65 Å². The molecule has 0 bridgehead atoms. The molecule has 8 nitrogen and oxygen atoms in total. The second kappa shape index (κ2) is 7.54. The maximum Gasteiger partial charge on any atom is 0.350 e. The standard InChI is InChI=1S/C19H27N5O3/c1-19(2,3)17(26)22-12-6-8-14(22)16(25)20-10-7-13-24-18(27)23-11-5-4-9-15(23)21-24/h4-5,9,11,14H,6-8,10,12-13H2,1-3H3,(H,20,25). The van der Waals surface area contributed by atoms with E-state index in [1.807, 2.05) is 26.8 Å². The molecule has 3 heterocycles. The van der Waals surface area contributed by atoms with Crippen molar-refractivity contribution in [3.05, 3.63) is 34.9 Å². The van der Waals surface area contributed by atoms with Crippen LogP contribution < -0.4 is 11.0 Å². The second-order valence-corrected chi connectivity index (χ2v) is 7.99. The first-order valence-corrected chi connectivity index (χ1v) is 9.42. The lowest BCUT2D eigenvalue weighted by Crippen LogP contribution is -2.49. The van der Waals surface area contributed by atoms with Crippen molar-refractivity contribution < 1.29 is 9.59 Å². The highest BCUT2D eigenvalue weighted by atomic mass is 16.2. The Hall–Kier alpha value is -2.64. The summed E-state index contributed by atoms with van der Waals surface area (Å²) in [5.74, 6) is -0.108. The van der Waals surface area contributed by atoms with Crippen LogP contribution in [0.3, 0.4) is 0 Å². The Labute approximate surface area is 158 Å². The molecule has 2 aromatic rings. The zero-order chi connectivity index (χ0) is 19.6. The first kappa shape index (κ1) is 19.1. The molecule has 27 heavy (non-hydrogen) atoms.